The summed E-state index contributed by atoms with van der Waals surface area (Å²) in [7, 11) is 0. The van der Waals surface area contributed by atoms with E-state index in [1.165, 1.54) is 5.57 Å². The second kappa shape index (κ2) is 5.31. The van der Waals surface area contributed by atoms with Crippen LogP contribution in [0.4, 0.5) is 0 Å². The maximum absolute atomic E-state index is 11.0. The minimum Gasteiger partial charge on any atom is -0.393 e. The van der Waals surface area contributed by atoms with Gasteiger partial charge in [0.15, 0.2) is 0 Å². The van der Waals surface area contributed by atoms with Crippen LogP contribution in [-0.4, -0.2) is 34.1 Å². The standard InChI is InChI=1S/C20H34O3/c1-7-12(2)14-10-15-19(5,23-14)11-13(21)17-18(3,4)9-8-16(22)20(15,17)6/h7,13-17,21-22H,8-11H2,1-6H3/b12-7+/t13-,14+,15+,16-,17+,19-,20+/m1/s1. The fourth-order valence-electron chi connectivity index (χ4n) is 6.43. The molecule has 0 aromatic rings. The van der Waals surface area contributed by atoms with Crippen molar-refractivity contribution in [1.29, 1.82) is 0 Å². The number of ether oxygens (including phenoxy) is 1. The minimum atomic E-state index is -0.407. The SMILES string of the molecule is C/C=C(\C)[C@@H]1C[C@@H]2[C@@]3(C)[C@H](O)CCC(C)(C)[C@@H]3[C@H](O)C[C@@]2(C)O1. The Morgan fingerprint density at radius 1 is 1.17 bits per heavy atom. The van der Waals surface area contributed by atoms with Crippen LogP contribution < -0.4 is 0 Å². The molecule has 3 rings (SSSR count). The van der Waals surface area contributed by atoms with Gasteiger partial charge in [0.1, 0.15) is 0 Å². The minimum absolute atomic E-state index is 0.0580. The summed E-state index contributed by atoms with van der Waals surface area (Å²) in [6, 6.07) is 0. The van der Waals surface area contributed by atoms with Crippen LogP contribution in [0.25, 0.3) is 0 Å². The fraction of sp³-hybridized carbons (Fsp3) is 0.900. The Balaban J connectivity index is 2.05. The average Bonchev–Trinajstić information content (AvgIpc) is 2.80. The maximum Gasteiger partial charge on any atom is 0.0793 e. The summed E-state index contributed by atoms with van der Waals surface area (Å²) in [6.45, 7) is 13.1. The van der Waals surface area contributed by atoms with Crippen molar-refractivity contribution in [2.45, 2.75) is 91.1 Å². The lowest BCUT2D eigenvalue weighted by Gasteiger charge is -2.63. The van der Waals surface area contributed by atoms with Gasteiger partial charge < -0.3 is 14.9 Å². The maximum atomic E-state index is 11.0. The molecule has 0 spiro atoms. The number of fused-ring (bicyclic) bond motifs is 3. The highest BCUT2D eigenvalue weighted by Gasteiger charge is 2.67. The summed E-state index contributed by atoms with van der Waals surface area (Å²) in [6.07, 6.45) is 4.93. The Kier molecular flexibility index (Phi) is 4.02. The number of hydrogen-bond donors (Lipinski definition) is 2. The lowest BCUT2D eigenvalue weighted by atomic mass is 9.44. The van der Waals surface area contributed by atoms with Gasteiger partial charge in [-0.15, -0.1) is 0 Å². The highest BCUT2D eigenvalue weighted by atomic mass is 16.5. The van der Waals surface area contributed by atoms with Crippen molar-refractivity contribution in [3.63, 3.8) is 0 Å². The molecule has 1 aliphatic heterocycles. The number of allylic oxidation sites excluding steroid dienone is 1. The van der Waals surface area contributed by atoms with Crippen molar-refractivity contribution in [1.82, 2.24) is 0 Å². The molecule has 132 valence electrons. The molecule has 0 bridgehead atoms. The van der Waals surface area contributed by atoms with E-state index >= 15 is 0 Å². The van der Waals surface area contributed by atoms with E-state index in [0.29, 0.717) is 6.42 Å². The molecular formula is C20H34O3. The second-order valence-corrected chi connectivity index (χ2v) is 9.40. The van der Waals surface area contributed by atoms with Crippen LogP contribution in [0.15, 0.2) is 11.6 Å². The number of aliphatic hydroxyl groups is 2. The Morgan fingerprint density at radius 3 is 2.43 bits per heavy atom. The third kappa shape index (κ3) is 2.34. The van der Waals surface area contributed by atoms with Gasteiger partial charge in [0, 0.05) is 11.8 Å². The van der Waals surface area contributed by atoms with Gasteiger partial charge in [0.05, 0.1) is 23.9 Å². The number of hydrogen-bond acceptors (Lipinski definition) is 3. The van der Waals surface area contributed by atoms with Gasteiger partial charge in [-0.3, -0.25) is 0 Å². The first-order valence-corrected chi connectivity index (χ1v) is 9.23. The molecule has 1 saturated heterocycles. The summed E-state index contributed by atoms with van der Waals surface area (Å²) < 4.78 is 6.47. The first-order valence-electron chi connectivity index (χ1n) is 9.23. The van der Waals surface area contributed by atoms with Gasteiger partial charge in [-0.1, -0.05) is 26.8 Å². The van der Waals surface area contributed by atoms with E-state index in [9.17, 15) is 10.2 Å². The second-order valence-electron chi connectivity index (χ2n) is 9.40. The molecule has 1 heterocycles. The third-order valence-electron chi connectivity index (χ3n) is 7.60. The number of rotatable bonds is 1. The lowest BCUT2D eigenvalue weighted by Crippen LogP contribution is -2.65. The molecule has 3 nitrogen and oxygen atoms in total. The lowest BCUT2D eigenvalue weighted by molar-refractivity contribution is -0.235. The molecule has 23 heavy (non-hydrogen) atoms. The quantitative estimate of drug-likeness (QED) is 0.724. The molecule has 0 radical (unpaired) electrons. The van der Waals surface area contributed by atoms with Crippen LogP contribution in [0.2, 0.25) is 0 Å². The summed E-state index contributed by atoms with van der Waals surface area (Å²) in [4.78, 5) is 0. The fourth-order valence-corrected chi connectivity index (χ4v) is 6.43. The summed E-state index contributed by atoms with van der Waals surface area (Å²) in [5.74, 6) is 0.419. The molecule has 2 saturated carbocycles. The van der Waals surface area contributed by atoms with E-state index in [2.05, 4.69) is 47.6 Å². The van der Waals surface area contributed by atoms with Gasteiger partial charge >= 0.3 is 0 Å². The zero-order chi connectivity index (χ0) is 17.2. The van der Waals surface area contributed by atoms with E-state index in [4.69, 9.17) is 4.74 Å². The molecular weight excluding hydrogens is 288 g/mol. The molecule has 3 heteroatoms. The first-order chi connectivity index (χ1) is 10.6. The van der Waals surface area contributed by atoms with E-state index in [-0.39, 0.29) is 40.5 Å². The molecule has 3 aliphatic rings. The Labute approximate surface area is 141 Å². The molecule has 2 aliphatic carbocycles. The summed E-state index contributed by atoms with van der Waals surface area (Å²) >= 11 is 0. The van der Waals surface area contributed by atoms with Crippen LogP contribution in [0.1, 0.15) is 67.2 Å². The van der Waals surface area contributed by atoms with Crippen LogP contribution in [0.5, 0.6) is 0 Å². The normalized spacial score (nSPS) is 52.9. The Hall–Kier alpha value is -0.380. The zero-order valence-corrected chi connectivity index (χ0v) is 15.6. The highest BCUT2D eigenvalue weighted by Crippen LogP contribution is 2.65. The smallest absolute Gasteiger partial charge is 0.0793 e. The topological polar surface area (TPSA) is 49.7 Å². The predicted octanol–water partition coefficient (Wildman–Crippen LogP) is 3.68. The number of aliphatic hydroxyl groups excluding tert-OH is 2. The highest BCUT2D eigenvalue weighted by molar-refractivity contribution is 5.19. The molecule has 0 unspecified atom stereocenters. The van der Waals surface area contributed by atoms with Crippen molar-refractivity contribution in [2.75, 3.05) is 0 Å². The van der Waals surface area contributed by atoms with Gasteiger partial charge in [-0.25, -0.2) is 0 Å². The van der Waals surface area contributed by atoms with E-state index in [1.54, 1.807) is 0 Å². The molecule has 2 N–H and O–H groups in total. The zero-order valence-electron chi connectivity index (χ0n) is 15.6. The molecule has 7 atom stereocenters. The monoisotopic (exact) mass is 322 g/mol. The van der Waals surface area contributed by atoms with Crippen LogP contribution in [0, 0.1) is 22.7 Å². The van der Waals surface area contributed by atoms with E-state index in [0.717, 1.165) is 19.3 Å². The summed E-state index contributed by atoms with van der Waals surface area (Å²) in [5, 5.41) is 22.0. The average molecular weight is 322 g/mol. The summed E-state index contributed by atoms with van der Waals surface area (Å²) in [5.41, 5.74) is 0.702. The molecule has 0 aromatic carbocycles. The molecule has 3 fully saturated rings. The van der Waals surface area contributed by atoms with Crippen molar-refractivity contribution in [3.05, 3.63) is 11.6 Å². The van der Waals surface area contributed by atoms with E-state index < -0.39 is 6.10 Å². The van der Waals surface area contributed by atoms with Crippen molar-refractivity contribution >= 4 is 0 Å². The third-order valence-corrected chi connectivity index (χ3v) is 7.60. The van der Waals surface area contributed by atoms with Gasteiger partial charge in [-0.05, 0) is 62.9 Å². The van der Waals surface area contributed by atoms with Crippen LogP contribution >= 0.6 is 0 Å². The van der Waals surface area contributed by atoms with Gasteiger partial charge in [0.2, 0.25) is 0 Å². The first kappa shape index (κ1) is 17.4. The van der Waals surface area contributed by atoms with Crippen molar-refractivity contribution in [2.24, 2.45) is 22.7 Å². The van der Waals surface area contributed by atoms with Gasteiger partial charge in [-0.2, -0.15) is 0 Å². The van der Waals surface area contributed by atoms with Gasteiger partial charge in [0.25, 0.3) is 0 Å². The van der Waals surface area contributed by atoms with Crippen molar-refractivity contribution in [3.8, 4) is 0 Å². The Morgan fingerprint density at radius 2 is 1.83 bits per heavy atom. The van der Waals surface area contributed by atoms with Crippen molar-refractivity contribution < 1.29 is 14.9 Å². The predicted molar refractivity (Wildman–Crippen MR) is 92.1 cm³/mol. The molecule has 0 amide bonds. The Bertz CT molecular complexity index is 511. The van der Waals surface area contributed by atoms with Crippen LogP contribution in [-0.2, 0) is 4.74 Å². The largest absolute Gasteiger partial charge is 0.393 e. The van der Waals surface area contributed by atoms with E-state index in [1.807, 2.05) is 0 Å². The molecule has 0 aromatic heterocycles. The van der Waals surface area contributed by atoms with Crippen LogP contribution in [0.3, 0.4) is 0 Å².